The first-order valence-corrected chi connectivity index (χ1v) is 9.11. The van der Waals surface area contributed by atoms with Gasteiger partial charge in [0, 0.05) is 17.4 Å². The second-order valence-electron chi connectivity index (χ2n) is 6.52. The summed E-state index contributed by atoms with van der Waals surface area (Å²) >= 11 is 3.20. The Labute approximate surface area is 158 Å². The zero-order valence-corrected chi connectivity index (χ0v) is 16.1. The van der Waals surface area contributed by atoms with E-state index < -0.39 is 24.0 Å². The van der Waals surface area contributed by atoms with Crippen molar-refractivity contribution in [2.45, 2.75) is 37.9 Å². The Kier molecular flexibility index (Phi) is 6.71. The zero-order valence-electron chi connectivity index (χ0n) is 14.6. The van der Waals surface area contributed by atoms with E-state index in [0.717, 1.165) is 4.90 Å². The molecule has 1 aliphatic rings. The number of amides is 1. The van der Waals surface area contributed by atoms with Crippen LogP contribution in [0.1, 0.15) is 37.3 Å². The number of alkyl halides is 3. The van der Waals surface area contributed by atoms with E-state index in [9.17, 15) is 22.8 Å². The van der Waals surface area contributed by atoms with E-state index in [1.54, 1.807) is 0 Å². The van der Waals surface area contributed by atoms with Crippen molar-refractivity contribution in [2.24, 2.45) is 11.8 Å². The Morgan fingerprint density at radius 2 is 1.62 bits per heavy atom. The van der Waals surface area contributed by atoms with E-state index in [2.05, 4.69) is 15.9 Å². The largest absolute Gasteiger partial charge is 0.469 e. The monoisotopic (exact) mass is 435 g/mol. The maximum Gasteiger partial charge on any atom is 0.413 e. The topological polar surface area (TPSA) is 46.6 Å². The van der Waals surface area contributed by atoms with Crippen molar-refractivity contribution in [2.75, 3.05) is 14.2 Å². The number of rotatable bonds is 4. The molecule has 0 heterocycles. The minimum atomic E-state index is -4.58. The molecule has 2 rings (SSSR count). The highest BCUT2D eigenvalue weighted by Crippen LogP contribution is 2.39. The van der Waals surface area contributed by atoms with Gasteiger partial charge in [-0.3, -0.25) is 9.59 Å². The number of halogens is 4. The first-order valence-electron chi connectivity index (χ1n) is 8.31. The fraction of sp³-hybridized carbons (Fsp3) is 0.556. The average Bonchev–Trinajstić information content (AvgIpc) is 2.61. The number of carbonyl (C=O) groups is 2. The summed E-state index contributed by atoms with van der Waals surface area (Å²) < 4.78 is 46.3. The Morgan fingerprint density at radius 1 is 1.12 bits per heavy atom. The summed E-state index contributed by atoms with van der Waals surface area (Å²) in [6.07, 6.45) is -2.92. The molecule has 0 N–H and O–H groups in total. The van der Waals surface area contributed by atoms with Gasteiger partial charge in [-0.2, -0.15) is 13.2 Å². The third kappa shape index (κ3) is 4.78. The molecule has 8 heteroatoms. The summed E-state index contributed by atoms with van der Waals surface area (Å²) in [6.45, 7) is 0. The summed E-state index contributed by atoms with van der Waals surface area (Å²) in [4.78, 5) is 25.0. The van der Waals surface area contributed by atoms with Crippen molar-refractivity contribution in [1.82, 2.24) is 4.90 Å². The van der Waals surface area contributed by atoms with Gasteiger partial charge in [0.2, 0.25) is 5.91 Å². The molecule has 0 aliphatic heterocycles. The molecule has 26 heavy (non-hydrogen) atoms. The first-order chi connectivity index (χ1) is 12.1. The van der Waals surface area contributed by atoms with Crippen LogP contribution in [0.25, 0.3) is 0 Å². The predicted octanol–water partition coefficient (Wildman–Crippen LogP) is 4.49. The van der Waals surface area contributed by atoms with Crippen LogP contribution in [0.15, 0.2) is 28.7 Å². The second-order valence-corrected chi connectivity index (χ2v) is 7.43. The van der Waals surface area contributed by atoms with Gasteiger partial charge in [0.25, 0.3) is 0 Å². The van der Waals surface area contributed by atoms with E-state index >= 15 is 0 Å². The standard InChI is InChI=1S/C18H21BrF3NO3/c1-23(15(18(20,21)22)11-7-9-14(19)10-8-11)16(24)12-3-5-13(6-4-12)17(25)26-2/h7-10,12-13,15H,3-6H2,1-2H3/t12?,13?,15-/m0/s1. The van der Waals surface area contributed by atoms with Crippen molar-refractivity contribution in [3.8, 4) is 0 Å². The average molecular weight is 436 g/mol. The number of nitrogens with zero attached hydrogens (tertiary/aromatic N) is 1. The maximum absolute atomic E-state index is 13.6. The van der Waals surface area contributed by atoms with Gasteiger partial charge in [0.05, 0.1) is 13.0 Å². The van der Waals surface area contributed by atoms with Gasteiger partial charge in [-0.25, -0.2) is 0 Å². The van der Waals surface area contributed by atoms with Crippen molar-refractivity contribution in [1.29, 1.82) is 0 Å². The third-order valence-electron chi connectivity index (χ3n) is 4.84. The lowest BCUT2D eigenvalue weighted by molar-refractivity contribution is -0.191. The molecule has 1 amide bonds. The molecule has 1 fully saturated rings. The Hall–Kier alpha value is -1.57. The molecule has 0 unspecified atom stereocenters. The quantitative estimate of drug-likeness (QED) is 0.654. The number of methoxy groups -OCH3 is 1. The summed E-state index contributed by atoms with van der Waals surface area (Å²) in [5.41, 5.74) is 0.0137. The van der Waals surface area contributed by atoms with Gasteiger partial charge >= 0.3 is 12.1 Å². The molecule has 0 bridgehead atoms. The van der Waals surface area contributed by atoms with Crippen molar-refractivity contribution >= 4 is 27.8 Å². The lowest BCUT2D eigenvalue weighted by atomic mass is 9.81. The van der Waals surface area contributed by atoms with E-state index in [-0.39, 0.29) is 17.5 Å². The van der Waals surface area contributed by atoms with Crippen LogP contribution in [-0.4, -0.2) is 37.1 Å². The molecule has 0 spiro atoms. The molecular formula is C18H21BrF3NO3. The number of benzene rings is 1. The molecule has 0 saturated heterocycles. The molecule has 0 radical (unpaired) electrons. The highest BCUT2D eigenvalue weighted by atomic mass is 79.9. The maximum atomic E-state index is 13.6. The van der Waals surface area contributed by atoms with Gasteiger partial charge < -0.3 is 9.64 Å². The minimum absolute atomic E-state index is 0.0137. The summed E-state index contributed by atoms with van der Waals surface area (Å²) in [5, 5.41) is 0. The van der Waals surface area contributed by atoms with E-state index in [0.29, 0.717) is 30.2 Å². The molecule has 1 aromatic carbocycles. The van der Waals surface area contributed by atoms with Crippen LogP contribution in [0, 0.1) is 11.8 Å². The number of esters is 1. The van der Waals surface area contributed by atoms with E-state index in [4.69, 9.17) is 4.74 Å². The fourth-order valence-electron chi connectivity index (χ4n) is 3.44. The fourth-order valence-corrected chi connectivity index (χ4v) is 3.70. The highest BCUT2D eigenvalue weighted by Gasteiger charge is 2.46. The van der Waals surface area contributed by atoms with Gasteiger partial charge in [0.1, 0.15) is 0 Å². The SMILES string of the molecule is COC(=O)C1CCC(C(=O)N(C)[C@@H](c2ccc(Br)cc2)C(F)(F)F)CC1. The molecular weight excluding hydrogens is 415 g/mol. The van der Waals surface area contributed by atoms with E-state index in [1.807, 2.05) is 0 Å². The number of hydrogen-bond acceptors (Lipinski definition) is 3. The zero-order chi connectivity index (χ0) is 19.5. The summed E-state index contributed by atoms with van der Waals surface area (Å²) in [5.74, 6) is -1.66. The van der Waals surface area contributed by atoms with Crippen LogP contribution in [0.2, 0.25) is 0 Å². The van der Waals surface area contributed by atoms with Gasteiger partial charge in [-0.1, -0.05) is 28.1 Å². The Bertz CT molecular complexity index is 640. The van der Waals surface area contributed by atoms with E-state index in [1.165, 1.54) is 38.4 Å². The summed E-state index contributed by atoms with van der Waals surface area (Å²) in [7, 11) is 2.49. The minimum Gasteiger partial charge on any atom is -0.469 e. The predicted molar refractivity (Wildman–Crippen MR) is 93.2 cm³/mol. The summed E-state index contributed by atoms with van der Waals surface area (Å²) in [6, 6.07) is 3.77. The van der Waals surface area contributed by atoms with Crippen molar-refractivity contribution in [3.05, 3.63) is 34.3 Å². The molecule has 0 aromatic heterocycles. The number of hydrogen-bond donors (Lipinski definition) is 0. The van der Waals surface area contributed by atoms with Crippen LogP contribution < -0.4 is 0 Å². The van der Waals surface area contributed by atoms with Gasteiger partial charge in [0.15, 0.2) is 6.04 Å². The van der Waals surface area contributed by atoms with Crippen LogP contribution in [-0.2, 0) is 14.3 Å². The van der Waals surface area contributed by atoms with Gasteiger partial charge in [-0.05, 0) is 43.4 Å². The highest BCUT2D eigenvalue weighted by molar-refractivity contribution is 9.10. The molecule has 4 nitrogen and oxygen atoms in total. The van der Waals surface area contributed by atoms with Crippen molar-refractivity contribution in [3.63, 3.8) is 0 Å². The molecule has 144 valence electrons. The van der Waals surface area contributed by atoms with Crippen molar-refractivity contribution < 1.29 is 27.5 Å². The molecule has 1 aromatic rings. The van der Waals surface area contributed by atoms with Crippen LogP contribution in [0.5, 0.6) is 0 Å². The lowest BCUT2D eigenvalue weighted by Gasteiger charge is -2.35. The first kappa shape index (κ1) is 20.7. The van der Waals surface area contributed by atoms with Crippen LogP contribution >= 0.6 is 15.9 Å². The van der Waals surface area contributed by atoms with Crippen LogP contribution in [0.3, 0.4) is 0 Å². The molecule has 1 aliphatic carbocycles. The number of ether oxygens (including phenoxy) is 1. The Balaban J connectivity index is 2.13. The van der Waals surface area contributed by atoms with Crippen LogP contribution in [0.4, 0.5) is 13.2 Å². The second kappa shape index (κ2) is 8.41. The molecule has 1 atom stereocenters. The number of carbonyl (C=O) groups excluding carboxylic acids is 2. The van der Waals surface area contributed by atoms with Gasteiger partial charge in [-0.15, -0.1) is 0 Å². The Morgan fingerprint density at radius 3 is 2.08 bits per heavy atom. The molecule has 1 saturated carbocycles. The lowest BCUT2D eigenvalue weighted by Crippen LogP contribution is -2.43. The third-order valence-corrected chi connectivity index (χ3v) is 5.37. The smallest absolute Gasteiger partial charge is 0.413 e. The normalized spacial score (nSPS) is 21.8.